The average molecular weight is 295 g/mol. The highest BCUT2D eigenvalue weighted by molar-refractivity contribution is 9.10. The first-order valence-electron chi connectivity index (χ1n) is 5.50. The minimum absolute atomic E-state index is 0.185. The molecule has 2 aromatic rings. The summed E-state index contributed by atoms with van der Waals surface area (Å²) >= 11 is 3.43. The molecule has 1 heterocycles. The fourth-order valence-corrected chi connectivity index (χ4v) is 2.83. The Kier molecular flexibility index (Phi) is 2.30. The zero-order valence-corrected chi connectivity index (χ0v) is 10.7. The molecule has 3 nitrogen and oxygen atoms in total. The SMILES string of the molecule is O=C(O)CC1(c2cccc3c(Br)coc23)CC1. The van der Waals surface area contributed by atoms with Gasteiger partial charge >= 0.3 is 5.97 Å². The summed E-state index contributed by atoms with van der Waals surface area (Å²) in [6.45, 7) is 0. The Bertz CT molecular complexity index is 596. The van der Waals surface area contributed by atoms with Crippen molar-refractivity contribution < 1.29 is 14.3 Å². The van der Waals surface area contributed by atoms with Crippen LogP contribution in [0.25, 0.3) is 11.0 Å². The molecule has 1 N–H and O–H groups in total. The van der Waals surface area contributed by atoms with Crippen molar-refractivity contribution >= 4 is 32.9 Å². The number of para-hydroxylation sites is 1. The summed E-state index contributed by atoms with van der Waals surface area (Å²) in [5.74, 6) is -0.745. The molecule has 0 saturated heterocycles. The molecule has 1 aromatic heterocycles. The van der Waals surface area contributed by atoms with Crippen LogP contribution in [0.5, 0.6) is 0 Å². The lowest BCUT2D eigenvalue weighted by molar-refractivity contribution is -0.137. The van der Waals surface area contributed by atoms with Crippen LogP contribution in [0.3, 0.4) is 0 Å². The number of furan rings is 1. The first-order chi connectivity index (χ1) is 8.12. The summed E-state index contributed by atoms with van der Waals surface area (Å²) in [5.41, 5.74) is 1.64. The fraction of sp³-hybridized carbons (Fsp3) is 0.308. The van der Waals surface area contributed by atoms with Crippen LogP contribution in [0.4, 0.5) is 0 Å². The molecule has 1 aromatic carbocycles. The summed E-state index contributed by atoms with van der Waals surface area (Å²) in [6, 6.07) is 5.91. The van der Waals surface area contributed by atoms with Gasteiger partial charge in [-0.25, -0.2) is 0 Å². The second kappa shape index (κ2) is 3.60. The molecule has 88 valence electrons. The Morgan fingerprint density at radius 2 is 2.24 bits per heavy atom. The summed E-state index contributed by atoms with van der Waals surface area (Å²) in [6.07, 6.45) is 3.70. The molecule has 0 radical (unpaired) electrons. The molecular formula is C13H11BrO3. The number of aliphatic carboxylic acids is 1. The monoisotopic (exact) mass is 294 g/mol. The van der Waals surface area contributed by atoms with Crippen LogP contribution >= 0.6 is 15.9 Å². The lowest BCUT2D eigenvalue weighted by atomic mass is 9.91. The Labute approximate surface area is 107 Å². The second-order valence-electron chi connectivity index (χ2n) is 4.62. The van der Waals surface area contributed by atoms with Crippen LogP contribution in [0.15, 0.2) is 33.4 Å². The van der Waals surface area contributed by atoms with E-state index in [4.69, 9.17) is 9.52 Å². The standard InChI is InChI=1S/C13H11BrO3/c14-10-7-17-12-8(10)2-1-3-9(12)13(4-5-13)6-11(15)16/h1-3,7H,4-6H2,(H,15,16). The number of hydrogen-bond donors (Lipinski definition) is 1. The highest BCUT2D eigenvalue weighted by Crippen LogP contribution is 2.53. The molecule has 1 fully saturated rings. The van der Waals surface area contributed by atoms with Gasteiger partial charge < -0.3 is 9.52 Å². The van der Waals surface area contributed by atoms with Crippen molar-refractivity contribution in [1.29, 1.82) is 0 Å². The van der Waals surface area contributed by atoms with Gasteiger partial charge in [-0.2, -0.15) is 0 Å². The minimum Gasteiger partial charge on any atom is -0.481 e. The number of hydrogen-bond acceptors (Lipinski definition) is 2. The van der Waals surface area contributed by atoms with Crippen molar-refractivity contribution in [3.8, 4) is 0 Å². The maximum atomic E-state index is 10.9. The van der Waals surface area contributed by atoms with Gasteiger partial charge in [0, 0.05) is 16.4 Å². The highest BCUT2D eigenvalue weighted by Gasteiger charge is 2.47. The molecule has 1 aliphatic carbocycles. The maximum Gasteiger partial charge on any atom is 0.304 e. The predicted molar refractivity (Wildman–Crippen MR) is 67.1 cm³/mol. The van der Waals surface area contributed by atoms with Gasteiger partial charge in [-0.1, -0.05) is 12.1 Å². The number of fused-ring (bicyclic) bond motifs is 1. The van der Waals surface area contributed by atoms with E-state index in [1.807, 2.05) is 18.2 Å². The normalized spacial score (nSPS) is 17.2. The molecule has 0 aliphatic heterocycles. The van der Waals surface area contributed by atoms with Crippen LogP contribution in [0.2, 0.25) is 0 Å². The molecular weight excluding hydrogens is 284 g/mol. The predicted octanol–water partition coefficient (Wildman–Crippen LogP) is 3.70. The van der Waals surface area contributed by atoms with Crippen molar-refractivity contribution in [1.82, 2.24) is 0 Å². The Morgan fingerprint density at radius 3 is 2.88 bits per heavy atom. The number of benzene rings is 1. The number of rotatable bonds is 3. The summed E-state index contributed by atoms with van der Waals surface area (Å²) in [4.78, 5) is 10.9. The largest absolute Gasteiger partial charge is 0.481 e. The summed E-state index contributed by atoms with van der Waals surface area (Å²) < 4.78 is 6.47. The number of carboxylic acids is 1. The van der Waals surface area contributed by atoms with Gasteiger partial charge in [0.2, 0.25) is 0 Å². The molecule has 0 unspecified atom stereocenters. The zero-order valence-electron chi connectivity index (χ0n) is 9.07. The van der Waals surface area contributed by atoms with E-state index in [1.54, 1.807) is 6.26 Å². The lowest BCUT2D eigenvalue weighted by Gasteiger charge is -2.13. The lowest BCUT2D eigenvalue weighted by Crippen LogP contribution is -2.13. The molecule has 3 rings (SSSR count). The second-order valence-corrected chi connectivity index (χ2v) is 5.47. The molecule has 0 amide bonds. The summed E-state index contributed by atoms with van der Waals surface area (Å²) in [5, 5.41) is 10.0. The molecule has 1 aliphatic rings. The van der Waals surface area contributed by atoms with E-state index >= 15 is 0 Å². The summed E-state index contributed by atoms with van der Waals surface area (Å²) in [7, 11) is 0. The smallest absolute Gasteiger partial charge is 0.304 e. The molecule has 1 saturated carbocycles. The number of carbonyl (C=O) groups is 1. The number of carboxylic acid groups (broad SMARTS) is 1. The van der Waals surface area contributed by atoms with E-state index in [2.05, 4.69) is 15.9 Å². The van der Waals surface area contributed by atoms with Crippen molar-refractivity contribution in [3.63, 3.8) is 0 Å². The van der Waals surface area contributed by atoms with Gasteiger partial charge in [-0.15, -0.1) is 0 Å². The zero-order chi connectivity index (χ0) is 12.0. The molecule has 4 heteroatoms. The van der Waals surface area contributed by atoms with E-state index in [0.29, 0.717) is 0 Å². The van der Waals surface area contributed by atoms with Gasteiger partial charge in [0.15, 0.2) is 0 Å². The quantitative estimate of drug-likeness (QED) is 0.939. The average Bonchev–Trinajstić information content (AvgIpc) is 2.96. The third-order valence-corrected chi connectivity index (χ3v) is 4.08. The van der Waals surface area contributed by atoms with Crippen LogP contribution in [-0.2, 0) is 10.2 Å². The van der Waals surface area contributed by atoms with Crippen LogP contribution in [0.1, 0.15) is 24.8 Å². The van der Waals surface area contributed by atoms with E-state index < -0.39 is 5.97 Å². The van der Waals surface area contributed by atoms with Crippen LogP contribution in [0, 0.1) is 0 Å². The van der Waals surface area contributed by atoms with Crippen molar-refractivity contribution in [2.24, 2.45) is 0 Å². The molecule has 0 spiro atoms. The highest BCUT2D eigenvalue weighted by atomic mass is 79.9. The van der Waals surface area contributed by atoms with E-state index in [9.17, 15) is 4.79 Å². The third kappa shape index (κ3) is 1.67. The van der Waals surface area contributed by atoms with E-state index in [1.165, 1.54) is 0 Å². The molecule has 0 bridgehead atoms. The Balaban J connectivity index is 2.15. The van der Waals surface area contributed by atoms with Crippen molar-refractivity contribution in [2.45, 2.75) is 24.7 Å². The first kappa shape index (κ1) is 10.8. The topological polar surface area (TPSA) is 50.4 Å². The minimum atomic E-state index is -0.745. The molecule has 17 heavy (non-hydrogen) atoms. The van der Waals surface area contributed by atoms with Gasteiger partial charge in [0.25, 0.3) is 0 Å². The Hall–Kier alpha value is -1.29. The number of halogens is 1. The van der Waals surface area contributed by atoms with Crippen LogP contribution in [-0.4, -0.2) is 11.1 Å². The van der Waals surface area contributed by atoms with Gasteiger partial charge in [0.1, 0.15) is 11.8 Å². The third-order valence-electron chi connectivity index (χ3n) is 3.47. The maximum absolute atomic E-state index is 10.9. The van der Waals surface area contributed by atoms with Crippen molar-refractivity contribution in [3.05, 3.63) is 34.5 Å². The first-order valence-corrected chi connectivity index (χ1v) is 6.30. The van der Waals surface area contributed by atoms with E-state index in [-0.39, 0.29) is 11.8 Å². The fourth-order valence-electron chi connectivity index (χ4n) is 2.43. The van der Waals surface area contributed by atoms with Gasteiger partial charge in [-0.3, -0.25) is 4.79 Å². The Morgan fingerprint density at radius 1 is 1.47 bits per heavy atom. The van der Waals surface area contributed by atoms with Crippen LogP contribution < -0.4 is 0 Å². The van der Waals surface area contributed by atoms with E-state index in [0.717, 1.165) is 33.8 Å². The van der Waals surface area contributed by atoms with Gasteiger partial charge in [-0.05, 0) is 34.8 Å². The molecule has 0 atom stereocenters. The van der Waals surface area contributed by atoms with Gasteiger partial charge in [0.05, 0.1) is 10.9 Å². The van der Waals surface area contributed by atoms with Crippen molar-refractivity contribution in [2.75, 3.05) is 0 Å².